The summed E-state index contributed by atoms with van der Waals surface area (Å²) in [6, 6.07) is 7.85. The van der Waals surface area contributed by atoms with Gasteiger partial charge in [-0.05, 0) is 25.1 Å². The van der Waals surface area contributed by atoms with Crippen molar-refractivity contribution in [3.05, 3.63) is 46.5 Å². The Hall–Kier alpha value is -1.82. The number of halogens is 1. The van der Waals surface area contributed by atoms with E-state index in [4.69, 9.17) is 4.74 Å². The topological polar surface area (TPSA) is 58.2 Å². The van der Waals surface area contributed by atoms with Crippen molar-refractivity contribution in [2.45, 2.75) is 25.9 Å². The number of H-pyrrole nitrogens is 1. The number of nitrogens with zero attached hydrogens (tertiary/aromatic N) is 2. The molecule has 0 atom stereocenters. The molecule has 0 radical (unpaired) electrons. The number of likely N-dealkylation sites (tertiary alicyclic amines) is 1. The predicted octanol–water partition coefficient (Wildman–Crippen LogP) is 3.16. The Balaban J connectivity index is 1.55. The highest BCUT2D eigenvalue weighted by atomic mass is 79.9. The molecule has 3 rings (SSSR count). The first-order chi connectivity index (χ1) is 10.6. The molecule has 1 amide bonds. The van der Waals surface area contributed by atoms with Gasteiger partial charge in [-0.1, -0.05) is 22.0 Å². The van der Waals surface area contributed by atoms with Gasteiger partial charge in [-0.2, -0.15) is 0 Å². The number of hydrogen-bond donors (Lipinski definition) is 1. The summed E-state index contributed by atoms with van der Waals surface area (Å²) in [5.41, 5.74) is 0.559. The molecule has 1 fully saturated rings. The number of aryl methyl sites for hydroxylation is 1. The van der Waals surface area contributed by atoms with E-state index < -0.39 is 0 Å². The van der Waals surface area contributed by atoms with Crippen LogP contribution < -0.4 is 4.74 Å². The molecule has 0 saturated carbocycles. The highest BCUT2D eigenvalue weighted by molar-refractivity contribution is 9.10. The summed E-state index contributed by atoms with van der Waals surface area (Å²) in [6.45, 7) is 3.25. The second kappa shape index (κ2) is 6.52. The minimum absolute atomic E-state index is 0.0153. The number of aromatic nitrogens is 2. The van der Waals surface area contributed by atoms with E-state index >= 15 is 0 Å². The van der Waals surface area contributed by atoms with Crippen LogP contribution in [0.4, 0.5) is 0 Å². The number of carbonyl (C=O) groups excluding carboxylic acids is 1. The molecule has 5 nitrogen and oxygen atoms in total. The van der Waals surface area contributed by atoms with E-state index in [0.29, 0.717) is 18.8 Å². The van der Waals surface area contributed by atoms with Crippen LogP contribution in [0.3, 0.4) is 0 Å². The number of benzene rings is 1. The van der Waals surface area contributed by atoms with Crippen LogP contribution in [0.15, 0.2) is 34.9 Å². The van der Waals surface area contributed by atoms with E-state index in [-0.39, 0.29) is 12.0 Å². The third-order valence-electron chi connectivity index (χ3n) is 3.76. The fourth-order valence-electron chi connectivity index (χ4n) is 2.61. The Morgan fingerprint density at radius 2 is 2.18 bits per heavy atom. The van der Waals surface area contributed by atoms with Crippen molar-refractivity contribution in [3.8, 4) is 5.75 Å². The molecule has 1 N–H and O–H groups in total. The molecule has 0 bridgehead atoms. The molecule has 0 spiro atoms. The molecule has 0 aliphatic carbocycles. The molecule has 1 aliphatic heterocycles. The van der Waals surface area contributed by atoms with Crippen molar-refractivity contribution in [3.63, 3.8) is 0 Å². The zero-order valence-electron chi connectivity index (χ0n) is 12.4. The van der Waals surface area contributed by atoms with Gasteiger partial charge >= 0.3 is 0 Å². The number of rotatable bonds is 3. The number of piperidine rings is 1. The lowest BCUT2D eigenvalue weighted by Gasteiger charge is -2.31. The van der Waals surface area contributed by atoms with Gasteiger partial charge in [0.2, 0.25) is 0 Å². The molecule has 0 unspecified atom stereocenters. The number of carbonyl (C=O) groups is 1. The summed E-state index contributed by atoms with van der Waals surface area (Å²) in [6.07, 6.45) is 3.43. The lowest BCUT2D eigenvalue weighted by molar-refractivity contribution is 0.0590. The molecule has 6 heteroatoms. The van der Waals surface area contributed by atoms with Crippen molar-refractivity contribution < 1.29 is 9.53 Å². The number of ether oxygens (including phenoxy) is 1. The van der Waals surface area contributed by atoms with E-state index in [1.165, 1.54) is 0 Å². The maximum absolute atomic E-state index is 12.3. The quantitative estimate of drug-likeness (QED) is 0.910. The van der Waals surface area contributed by atoms with Gasteiger partial charge in [-0.15, -0.1) is 0 Å². The SMILES string of the molecule is Cc1ncc(C(=O)N2CCC(Oc3cccc(Br)c3)CC2)[nH]1. The van der Waals surface area contributed by atoms with Crippen LogP contribution in [0.5, 0.6) is 5.75 Å². The highest BCUT2D eigenvalue weighted by Crippen LogP contribution is 2.22. The third-order valence-corrected chi connectivity index (χ3v) is 4.25. The molecule has 1 saturated heterocycles. The fraction of sp³-hybridized carbons (Fsp3) is 0.375. The van der Waals surface area contributed by atoms with Gasteiger partial charge in [0, 0.05) is 30.4 Å². The molecular weight excluding hydrogens is 346 g/mol. The van der Waals surface area contributed by atoms with Crippen LogP contribution in [0.25, 0.3) is 0 Å². The fourth-order valence-corrected chi connectivity index (χ4v) is 2.99. The Labute approximate surface area is 137 Å². The lowest BCUT2D eigenvalue weighted by atomic mass is 10.1. The predicted molar refractivity (Wildman–Crippen MR) is 87.0 cm³/mol. The summed E-state index contributed by atoms with van der Waals surface area (Å²) < 4.78 is 6.99. The molecule has 1 aromatic carbocycles. The van der Waals surface area contributed by atoms with E-state index in [2.05, 4.69) is 25.9 Å². The summed E-state index contributed by atoms with van der Waals surface area (Å²) >= 11 is 3.44. The Bertz CT molecular complexity index is 663. The highest BCUT2D eigenvalue weighted by Gasteiger charge is 2.25. The molecule has 2 heterocycles. The number of amides is 1. The summed E-state index contributed by atoms with van der Waals surface area (Å²) in [5, 5.41) is 0. The molecule has 1 aliphatic rings. The largest absolute Gasteiger partial charge is 0.490 e. The first kappa shape index (κ1) is 15.1. The maximum Gasteiger partial charge on any atom is 0.271 e. The Kier molecular flexibility index (Phi) is 4.47. The monoisotopic (exact) mass is 363 g/mol. The lowest BCUT2D eigenvalue weighted by Crippen LogP contribution is -2.41. The average Bonchev–Trinajstić information content (AvgIpc) is 2.94. The molecule has 1 aromatic heterocycles. The smallest absolute Gasteiger partial charge is 0.271 e. The van der Waals surface area contributed by atoms with Crippen LogP contribution in [-0.4, -0.2) is 40.0 Å². The summed E-state index contributed by atoms with van der Waals surface area (Å²) in [4.78, 5) is 21.3. The molecule has 2 aromatic rings. The number of nitrogens with one attached hydrogen (secondary N) is 1. The molecule has 116 valence electrons. The van der Waals surface area contributed by atoms with Gasteiger partial charge in [0.25, 0.3) is 5.91 Å². The van der Waals surface area contributed by atoms with Crippen LogP contribution in [0.1, 0.15) is 29.2 Å². The number of aromatic amines is 1. The first-order valence-corrected chi connectivity index (χ1v) is 8.14. The van der Waals surface area contributed by atoms with Crippen LogP contribution in [0, 0.1) is 6.92 Å². The van der Waals surface area contributed by atoms with E-state index in [9.17, 15) is 4.79 Å². The second-order valence-corrected chi connectivity index (χ2v) is 6.36. The molecular formula is C16H18BrN3O2. The third kappa shape index (κ3) is 3.50. The van der Waals surface area contributed by atoms with Crippen molar-refractivity contribution >= 4 is 21.8 Å². The minimum atomic E-state index is 0.0153. The van der Waals surface area contributed by atoms with Crippen molar-refractivity contribution in [2.24, 2.45) is 0 Å². The number of hydrogen-bond acceptors (Lipinski definition) is 3. The molecule has 22 heavy (non-hydrogen) atoms. The van der Waals surface area contributed by atoms with E-state index in [0.717, 1.165) is 28.9 Å². The van der Waals surface area contributed by atoms with Crippen molar-refractivity contribution in [1.82, 2.24) is 14.9 Å². The van der Waals surface area contributed by atoms with Crippen molar-refractivity contribution in [2.75, 3.05) is 13.1 Å². The van der Waals surface area contributed by atoms with E-state index in [1.54, 1.807) is 6.20 Å². The van der Waals surface area contributed by atoms with Gasteiger partial charge in [0.15, 0.2) is 0 Å². The van der Waals surface area contributed by atoms with Crippen LogP contribution in [0.2, 0.25) is 0 Å². The normalized spacial score (nSPS) is 15.8. The van der Waals surface area contributed by atoms with Gasteiger partial charge in [0.05, 0.1) is 6.20 Å². The van der Waals surface area contributed by atoms with Gasteiger partial charge in [-0.25, -0.2) is 4.98 Å². The average molecular weight is 364 g/mol. The number of imidazole rings is 1. The summed E-state index contributed by atoms with van der Waals surface area (Å²) in [7, 11) is 0. The van der Waals surface area contributed by atoms with Gasteiger partial charge < -0.3 is 14.6 Å². The summed E-state index contributed by atoms with van der Waals surface area (Å²) in [5.74, 6) is 1.64. The van der Waals surface area contributed by atoms with Gasteiger partial charge in [-0.3, -0.25) is 4.79 Å². The zero-order valence-corrected chi connectivity index (χ0v) is 14.0. The van der Waals surface area contributed by atoms with Crippen LogP contribution in [-0.2, 0) is 0 Å². The standard InChI is InChI=1S/C16H18BrN3O2/c1-11-18-10-15(19-11)16(21)20-7-5-13(6-8-20)22-14-4-2-3-12(17)9-14/h2-4,9-10,13H,5-8H2,1H3,(H,18,19). The zero-order chi connectivity index (χ0) is 15.5. The van der Waals surface area contributed by atoms with Crippen molar-refractivity contribution in [1.29, 1.82) is 0 Å². The Morgan fingerprint density at radius 1 is 1.41 bits per heavy atom. The minimum Gasteiger partial charge on any atom is -0.490 e. The van der Waals surface area contributed by atoms with Crippen LogP contribution >= 0.6 is 15.9 Å². The van der Waals surface area contributed by atoms with E-state index in [1.807, 2.05) is 36.1 Å². The Morgan fingerprint density at radius 3 is 2.82 bits per heavy atom. The maximum atomic E-state index is 12.3. The second-order valence-electron chi connectivity index (χ2n) is 5.45. The first-order valence-electron chi connectivity index (χ1n) is 7.35. The van der Waals surface area contributed by atoms with Gasteiger partial charge in [0.1, 0.15) is 23.4 Å².